The van der Waals surface area contributed by atoms with Crippen LogP contribution in [0.4, 0.5) is 5.82 Å². The molecule has 0 radical (unpaired) electrons. The summed E-state index contributed by atoms with van der Waals surface area (Å²) in [5.41, 5.74) is 0. The third-order valence-electron chi connectivity index (χ3n) is 2.08. The number of hydrogen-bond donors (Lipinski definition) is 1. The van der Waals surface area contributed by atoms with Gasteiger partial charge in [0.05, 0.1) is 5.01 Å². The molecule has 16 heavy (non-hydrogen) atoms. The molecule has 0 unspecified atom stereocenters. The van der Waals surface area contributed by atoms with Crippen LogP contribution < -0.4 is 5.32 Å². The normalized spacial score (nSPS) is 10.3. The number of aryl methyl sites for hydroxylation is 1. The third kappa shape index (κ3) is 3.57. The Hall–Kier alpha value is -0.940. The maximum absolute atomic E-state index is 4.24. The van der Waals surface area contributed by atoms with Crippen molar-refractivity contribution in [3.8, 4) is 0 Å². The van der Waals surface area contributed by atoms with Crippen molar-refractivity contribution in [3.63, 3.8) is 0 Å². The largest absolute Gasteiger partial charge is 0.370 e. The summed E-state index contributed by atoms with van der Waals surface area (Å²) in [7, 11) is 0. The molecule has 0 atom stereocenters. The molecule has 3 nitrogen and oxygen atoms in total. The standard InChI is InChI=1S/C11H12BrN3S/c12-9-3-4-10(15-8-9)13-5-1-2-11-14-6-7-16-11/h3-4,6-8H,1-2,5H2,(H,13,15). The Bertz CT molecular complexity index is 413. The van der Waals surface area contributed by atoms with E-state index in [2.05, 4.69) is 31.2 Å². The lowest BCUT2D eigenvalue weighted by molar-refractivity contribution is 0.851. The molecule has 0 fully saturated rings. The van der Waals surface area contributed by atoms with E-state index in [1.54, 1.807) is 17.5 Å². The number of hydrogen-bond acceptors (Lipinski definition) is 4. The van der Waals surface area contributed by atoms with Gasteiger partial charge in [0.1, 0.15) is 5.82 Å². The maximum Gasteiger partial charge on any atom is 0.125 e. The Labute approximate surface area is 107 Å². The van der Waals surface area contributed by atoms with Crippen molar-refractivity contribution >= 4 is 33.1 Å². The van der Waals surface area contributed by atoms with Crippen LogP contribution in [0.25, 0.3) is 0 Å². The molecule has 5 heteroatoms. The fraction of sp³-hybridized carbons (Fsp3) is 0.273. The summed E-state index contributed by atoms with van der Waals surface area (Å²) in [6, 6.07) is 3.95. The molecule has 84 valence electrons. The number of pyridine rings is 1. The summed E-state index contributed by atoms with van der Waals surface area (Å²) in [4.78, 5) is 8.48. The Morgan fingerprint density at radius 2 is 2.25 bits per heavy atom. The number of thiazole rings is 1. The molecule has 2 aromatic rings. The SMILES string of the molecule is Brc1ccc(NCCCc2nccs2)nc1. The Morgan fingerprint density at radius 1 is 1.31 bits per heavy atom. The summed E-state index contributed by atoms with van der Waals surface area (Å²) in [5, 5.41) is 6.49. The van der Waals surface area contributed by atoms with Crippen molar-refractivity contribution in [1.29, 1.82) is 0 Å². The first-order valence-corrected chi connectivity index (χ1v) is 6.75. The topological polar surface area (TPSA) is 37.8 Å². The van der Waals surface area contributed by atoms with Gasteiger partial charge in [0.2, 0.25) is 0 Å². The highest BCUT2D eigenvalue weighted by Gasteiger charge is 1.96. The van der Waals surface area contributed by atoms with Gasteiger partial charge < -0.3 is 5.32 Å². The average molecular weight is 298 g/mol. The molecule has 0 aliphatic rings. The molecule has 2 rings (SSSR count). The smallest absolute Gasteiger partial charge is 0.125 e. The molecule has 1 N–H and O–H groups in total. The monoisotopic (exact) mass is 297 g/mol. The number of halogens is 1. The second-order valence-electron chi connectivity index (χ2n) is 3.32. The number of nitrogens with one attached hydrogen (secondary N) is 1. The molecule has 0 amide bonds. The Morgan fingerprint density at radius 3 is 2.94 bits per heavy atom. The van der Waals surface area contributed by atoms with E-state index in [9.17, 15) is 0 Å². The van der Waals surface area contributed by atoms with E-state index in [0.717, 1.165) is 29.7 Å². The highest BCUT2D eigenvalue weighted by atomic mass is 79.9. The van der Waals surface area contributed by atoms with E-state index >= 15 is 0 Å². The van der Waals surface area contributed by atoms with Crippen LogP contribution >= 0.6 is 27.3 Å². The number of rotatable bonds is 5. The molecule has 0 aromatic carbocycles. The predicted molar refractivity (Wildman–Crippen MR) is 70.9 cm³/mol. The molecule has 2 heterocycles. The van der Waals surface area contributed by atoms with Crippen LogP contribution in [0.2, 0.25) is 0 Å². The minimum Gasteiger partial charge on any atom is -0.370 e. The van der Waals surface area contributed by atoms with E-state index in [-0.39, 0.29) is 0 Å². The zero-order valence-electron chi connectivity index (χ0n) is 8.69. The molecule has 0 saturated carbocycles. The summed E-state index contributed by atoms with van der Waals surface area (Å²) in [6.07, 6.45) is 5.75. The summed E-state index contributed by atoms with van der Waals surface area (Å²) in [5.74, 6) is 0.919. The minimum absolute atomic E-state index is 0.919. The lowest BCUT2D eigenvalue weighted by atomic mass is 10.3. The first-order chi connectivity index (χ1) is 7.84. The van der Waals surface area contributed by atoms with Gasteiger partial charge in [0, 0.05) is 35.2 Å². The lowest BCUT2D eigenvalue weighted by Gasteiger charge is -2.04. The Kier molecular flexibility index (Phi) is 4.30. The first-order valence-electron chi connectivity index (χ1n) is 5.08. The second kappa shape index (κ2) is 5.96. The Balaban J connectivity index is 1.70. The summed E-state index contributed by atoms with van der Waals surface area (Å²) >= 11 is 5.07. The summed E-state index contributed by atoms with van der Waals surface area (Å²) in [6.45, 7) is 0.925. The van der Waals surface area contributed by atoms with Gasteiger partial charge in [0.25, 0.3) is 0 Å². The van der Waals surface area contributed by atoms with Gasteiger partial charge in [-0.1, -0.05) is 0 Å². The second-order valence-corrected chi connectivity index (χ2v) is 5.21. The lowest BCUT2D eigenvalue weighted by Crippen LogP contribution is -2.04. The molecule has 0 saturated heterocycles. The van der Waals surface area contributed by atoms with Crippen LogP contribution in [-0.4, -0.2) is 16.5 Å². The van der Waals surface area contributed by atoms with Gasteiger partial charge in [-0.05, 0) is 34.5 Å². The van der Waals surface area contributed by atoms with E-state index in [1.165, 1.54) is 5.01 Å². The van der Waals surface area contributed by atoms with Crippen molar-refractivity contribution in [2.75, 3.05) is 11.9 Å². The zero-order chi connectivity index (χ0) is 11.2. The van der Waals surface area contributed by atoms with Gasteiger partial charge >= 0.3 is 0 Å². The van der Waals surface area contributed by atoms with Crippen LogP contribution in [-0.2, 0) is 6.42 Å². The average Bonchev–Trinajstić information content (AvgIpc) is 2.80. The van der Waals surface area contributed by atoms with Crippen LogP contribution in [0.1, 0.15) is 11.4 Å². The van der Waals surface area contributed by atoms with Crippen molar-refractivity contribution in [2.24, 2.45) is 0 Å². The van der Waals surface area contributed by atoms with Gasteiger partial charge in [-0.2, -0.15) is 0 Å². The molecular formula is C11H12BrN3S. The number of nitrogens with zero attached hydrogens (tertiary/aromatic N) is 2. The van der Waals surface area contributed by atoms with Crippen molar-refractivity contribution < 1.29 is 0 Å². The highest BCUT2D eigenvalue weighted by molar-refractivity contribution is 9.10. The van der Waals surface area contributed by atoms with E-state index in [0.29, 0.717) is 0 Å². The predicted octanol–water partition coefficient (Wildman–Crippen LogP) is 3.35. The van der Waals surface area contributed by atoms with Crippen LogP contribution in [0, 0.1) is 0 Å². The molecular weight excluding hydrogens is 286 g/mol. The van der Waals surface area contributed by atoms with Gasteiger partial charge in [-0.25, -0.2) is 9.97 Å². The van der Waals surface area contributed by atoms with Crippen LogP contribution in [0.5, 0.6) is 0 Å². The van der Waals surface area contributed by atoms with Crippen molar-refractivity contribution in [1.82, 2.24) is 9.97 Å². The fourth-order valence-corrected chi connectivity index (χ4v) is 2.21. The summed E-state index contributed by atoms with van der Waals surface area (Å²) < 4.78 is 1.00. The van der Waals surface area contributed by atoms with Gasteiger partial charge in [-0.15, -0.1) is 11.3 Å². The quantitative estimate of drug-likeness (QED) is 0.860. The van der Waals surface area contributed by atoms with Crippen molar-refractivity contribution in [2.45, 2.75) is 12.8 Å². The van der Waals surface area contributed by atoms with Crippen LogP contribution in [0.15, 0.2) is 34.4 Å². The molecule has 0 aliphatic carbocycles. The van der Waals surface area contributed by atoms with Gasteiger partial charge in [-0.3, -0.25) is 0 Å². The first kappa shape index (κ1) is 11.5. The maximum atomic E-state index is 4.24. The minimum atomic E-state index is 0.919. The zero-order valence-corrected chi connectivity index (χ0v) is 11.1. The van der Waals surface area contributed by atoms with Gasteiger partial charge in [0.15, 0.2) is 0 Å². The highest BCUT2D eigenvalue weighted by Crippen LogP contribution is 2.11. The van der Waals surface area contributed by atoms with Crippen molar-refractivity contribution in [3.05, 3.63) is 39.4 Å². The molecule has 0 aliphatic heterocycles. The van der Waals surface area contributed by atoms with E-state index in [4.69, 9.17) is 0 Å². The molecule has 2 aromatic heterocycles. The number of anilines is 1. The van der Waals surface area contributed by atoms with E-state index < -0.39 is 0 Å². The molecule has 0 spiro atoms. The third-order valence-corrected chi connectivity index (χ3v) is 3.39. The fourth-order valence-electron chi connectivity index (χ4n) is 1.31. The van der Waals surface area contributed by atoms with E-state index in [1.807, 2.05) is 23.7 Å². The number of aromatic nitrogens is 2. The van der Waals surface area contributed by atoms with Crippen LogP contribution in [0.3, 0.4) is 0 Å². The molecule has 0 bridgehead atoms.